The molecule has 3 aromatic heterocycles. The molecule has 0 N–H and O–H groups in total. The van der Waals surface area contributed by atoms with E-state index >= 15 is 0 Å². The van der Waals surface area contributed by atoms with Crippen molar-refractivity contribution in [3.63, 3.8) is 0 Å². The van der Waals surface area contributed by atoms with Gasteiger partial charge in [0.05, 0.1) is 21.6 Å². The monoisotopic (exact) mass is 418 g/mol. The van der Waals surface area contributed by atoms with Crippen LogP contribution in [0.3, 0.4) is 0 Å². The minimum Gasteiger partial charge on any atom is -0.305 e. The minimum atomic E-state index is -0.0593. The van der Waals surface area contributed by atoms with Crippen LogP contribution in [0.4, 0.5) is 0 Å². The summed E-state index contributed by atoms with van der Waals surface area (Å²) in [7, 11) is 0. The van der Waals surface area contributed by atoms with E-state index in [1.54, 1.807) is 22.8 Å². The number of halogens is 2. The second-order valence-electron chi connectivity index (χ2n) is 6.46. The second-order valence-corrected chi connectivity index (χ2v) is 8.27. The molecule has 4 rings (SSSR count). The van der Waals surface area contributed by atoms with Gasteiger partial charge in [-0.05, 0) is 44.2 Å². The molecule has 0 aliphatic rings. The lowest BCUT2D eigenvalue weighted by molar-refractivity contribution is 0.519. The van der Waals surface area contributed by atoms with E-state index in [-0.39, 0.29) is 11.6 Å². The predicted octanol–water partition coefficient (Wildman–Crippen LogP) is 5.22. The number of nitrogens with zero attached hydrogens (tertiary/aromatic N) is 4. The van der Waals surface area contributed by atoms with E-state index in [1.165, 1.54) is 11.8 Å². The fraction of sp³-hybridized carbons (Fsp3) is 0.211. The molecule has 4 aromatic rings. The lowest BCUT2D eigenvalue weighted by Crippen LogP contribution is -2.25. The third-order valence-corrected chi connectivity index (χ3v) is 5.61. The van der Waals surface area contributed by atoms with Crippen molar-refractivity contribution in [3.05, 3.63) is 68.8 Å². The van der Waals surface area contributed by atoms with Crippen molar-refractivity contribution in [2.45, 2.75) is 30.8 Å². The van der Waals surface area contributed by atoms with Crippen LogP contribution in [0, 0.1) is 0 Å². The molecule has 5 nitrogen and oxygen atoms in total. The summed E-state index contributed by atoms with van der Waals surface area (Å²) >= 11 is 13.6. The van der Waals surface area contributed by atoms with Crippen LogP contribution in [-0.2, 0) is 5.75 Å². The van der Waals surface area contributed by atoms with Crippen LogP contribution in [0.2, 0.25) is 10.0 Å². The highest BCUT2D eigenvalue weighted by Gasteiger charge is 2.15. The molecular weight excluding hydrogens is 403 g/mol. The third-order valence-electron chi connectivity index (χ3n) is 4.16. The van der Waals surface area contributed by atoms with Gasteiger partial charge in [0, 0.05) is 29.2 Å². The maximum atomic E-state index is 12.9. The molecule has 8 heteroatoms. The van der Waals surface area contributed by atoms with Crippen LogP contribution in [0.25, 0.3) is 16.6 Å². The number of thioether (sulfide) groups is 1. The normalized spacial score (nSPS) is 11.7. The minimum absolute atomic E-state index is 0.00699. The molecule has 0 saturated carbocycles. The number of benzene rings is 1. The summed E-state index contributed by atoms with van der Waals surface area (Å²) in [5.41, 5.74) is 2.26. The Morgan fingerprint density at radius 1 is 1.07 bits per heavy atom. The van der Waals surface area contributed by atoms with Gasteiger partial charge in [0.15, 0.2) is 5.16 Å². The van der Waals surface area contributed by atoms with Crippen LogP contribution in [0.5, 0.6) is 0 Å². The molecule has 3 heterocycles. The quantitative estimate of drug-likeness (QED) is 0.336. The first-order valence-electron chi connectivity index (χ1n) is 8.40. The summed E-state index contributed by atoms with van der Waals surface area (Å²) in [4.78, 5) is 22.2. The van der Waals surface area contributed by atoms with Crippen molar-refractivity contribution >= 4 is 51.5 Å². The predicted molar refractivity (Wildman–Crippen MR) is 111 cm³/mol. The Balaban J connectivity index is 1.73. The van der Waals surface area contributed by atoms with Crippen LogP contribution in [0.1, 0.15) is 25.6 Å². The topological polar surface area (TPSA) is 52.2 Å². The first kappa shape index (κ1) is 18.3. The average Bonchev–Trinajstić information content (AvgIpc) is 3.01. The van der Waals surface area contributed by atoms with Crippen LogP contribution in [0.15, 0.2) is 52.7 Å². The lowest BCUT2D eigenvalue weighted by atomic mass is 10.2. The summed E-state index contributed by atoms with van der Waals surface area (Å²) < 4.78 is 3.61. The summed E-state index contributed by atoms with van der Waals surface area (Å²) in [6.07, 6.45) is 3.75. The molecule has 0 amide bonds. The molecular formula is C19H16Cl2N4OS. The van der Waals surface area contributed by atoms with Crippen molar-refractivity contribution in [1.29, 1.82) is 0 Å². The Hall–Kier alpha value is -2.02. The van der Waals surface area contributed by atoms with E-state index in [2.05, 4.69) is 9.97 Å². The average molecular weight is 419 g/mol. The number of rotatable bonds is 4. The molecule has 1 aromatic carbocycles. The van der Waals surface area contributed by atoms with Crippen molar-refractivity contribution < 1.29 is 0 Å². The first-order valence-corrected chi connectivity index (χ1v) is 10.1. The lowest BCUT2D eigenvalue weighted by Gasteiger charge is -2.15. The SMILES string of the molecule is CC(C)n1c(SCc2cn3cc(Cl)ccc3n2)nc2cc(Cl)ccc2c1=O. The third kappa shape index (κ3) is 3.57. The first-order chi connectivity index (χ1) is 12.9. The molecule has 0 aliphatic carbocycles. The Kier molecular flexibility index (Phi) is 4.88. The van der Waals surface area contributed by atoms with E-state index in [4.69, 9.17) is 23.2 Å². The molecule has 138 valence electrons. The summed E-state index contributed by atoms with van der Waals surface area (Å²) in [6.45, 7) is 3.95. The van der Waals surface area contributed by atoms with E-state index in [1.807, 2.05) is 42.8 Å². The van der Waals surface area contributed by atoms with Crippen molar-refractivity contribution in [3.8, 4) is 0 Å². The van der Waals surface area contributed by atoms with Gasteiger partial charge in [-0.2, -0.15) is 0 Å². The molecule has 0 unspecified atom stereocenters. The number of hydrogen-bond acceptors (Lipinski definition) is 4. The molecule has 0 saturated heterocycles. The Labute approximate surface area is 170 Å². The van der Waals surface area contributed by atoms with Gasteiger partial charge in [-0.3, -0.25) is 9.36 Å². The Morgan fingerprint density at radius 2 is 1.85 bits per heavy atom. The van der Waals surface area contributed by atoms with Gasteiger partial charge in [-0.25, -0.2) is 9.97 Å². The van der Waals surface area contributed by atoms with Crippen LogP contribution < -0.4 is 5.56 Å². The molecule has 0 fully saturated rings. The summed E-state index contributed by atoms with van der Waals surface area (Å²) in [5.74, 6) is 0.588. The largest absolute Gasteiger partial charge is 0.305 e. The van der Waals surface area contributed by atoms with Crippen LogP contribution >= 0.6 is 35.0 Å². The van der Waals surface area contributed by atoms with Gasteiger partial charge in [-0.15, -0.1) is 0 Å². The second kappa shape index (κ2) is 7.19. The Morgan fingerprint density at radius 3 is 2.63 bits per heavy atom. The van der Waals surface area contributed by atoms with E-state index in [0.717, 1.165) is 11.3 Å². The number of pyridine rings is 1. The van der Waals surface area contributed by atoms with Crippen LogP contribution in [-0.4, -0.2) is 18.9 Å². The number of imidazole rings is 1. The van der Waals surface area contributed by atoms with E-state index in [0.29, 0.717) is 31.9 Å². The smallest absolute Gasteiger partial charge is 0.262 e. The van der Waals surface area contributed by atoms with Gasteiger partial charge >= 0.3 is 0 Å². The van der Waals surface area contributed by atoms with Gasteiger partial charge in [-0.1, -0.05) is 35.0 Å². The van der Waals surface area contributed by atoms with E-state index < -0.39 is 0 Å². The molecule has 0 atom stereocenters. The highest BCUT2D eigenvalue weighted by molar-refractivity contribution is 7.98. The van der Waals surface area contributed by atoms with Crippen molar-refractivity contribution in [2.75, 3.05) is 0 Å². The Bertz CT molecular complexity index is 1220. The zero-order chi connectivity index (χ0) is 19.1. The van der Waals surface area contributed by atoms with Gasteiger partial charge in [0.1, 0.15) is 5.65 Å². The zero-order valence-corrected chi connectivity index (χ0v) is 17.0. The number of aromatic nitrogens is 4. The summed E-state index contributed by atoms with van der Waals surface area (Å²) in [6, 6.07) is 8.84. The molecule has 0 bridgehead atoms. The summed E-state index contributed by atoms with van der Waals surface area (Å²) in [5, 5.41) is 2.44. The molecule has 0 aliphatic heterocycles. The molecule has 27 heavy (non-hydrogen) atoms. The number of hydrogen-bond donors (Lipinski definition) is 0. The van der Waals surface area contributed by atoms with E-state index in [9.17, 15) is 4.79 Å². The highest BCUT2D eigenvalue weighted by atomic mass is 35.5. The maximum absolute atomic E-state index is 12.9. The van der Waals surface area contributed by atoms with Crippen molar-refractivity contribution in [1.82, 2.24) is 18.9 Å². The molecule has 0 spiro atoms. The maximum Gasteiger partial charge on any atom is 0.262 e. The zero-order valence-electron chi connectivity index (χ0n) is 14.7. The molecule has 0 radical (unpaired) electrons. The van der Waals surface area contributed by atoms with Gasteiger partial charge < -0.3 is 4.40 Å². The standard InChI is InChI=1S/C19H16Cl2N4OS/c1-11(2)25-18(26)15-5-3-12(20)7-16(15)23-19(25)27-10-14-9-24-8-13(21)4-6-17(24)22-14/h3-9,11H,10H2,1-2H3. The van der Waals surface area contributed by atoms with Gasteiger partial charge in [0.2, 0.25) is 0 Å². The number of fused-ring (bicyclic) bond motifs is 2. The fourth-order valence-corrected chi connectivity index (χ4v) is 4.28. The van der Waals surface area contributed by atoms with Gasteiger partial charge in [0.25, 0.3) is 5.56 Å². The van der Waals surface area contributed by atoms with Crippen molar-refractivity contribution in [2.24, 2.45) is 0 Å². The highest BCUT2D eigenvalue weighted by Crippen LogP contribution is 2.25. The fourth-order valence-electron chi connectivity index (χ4n) is 2.93.